The molecule has 0 heterocycles. The van der Waals surface area contributed by atoms with Crippen LogP contribution in [0, 0.1) is 0 Å². The summed E-state index contributed by atoms with van der Waals surface area (Å²) < 4.78 is 27.9. The second-order valence-electron chi connectivity index (χ2n) is 3.46. The van der Waals surface area contributed by atoms with E-state index in [9.17, 15) is 8.42 Å². The zero-order valence-electron chi connectivity index (χ0n) is 9.76. The number of halogens is 1. The number of rotatable bonds is 5. The molecule has 100 valence electrons. The Morgan fingerprint density at radius 1 is 1.50 bits per heavy atom. The van der Waals surface area contributed by atoms with E-state index in [0.717, 1.165) is 6.42 Å². The molecule has 18 heavy (non-hydrogen) atoms. The van der Waals surface area contributed by atoms with Gasteiger partial charge >= 0.3 is 0 Å². The van der Waals surface area contributed by atoms with Crippen molar-refractivity contribution in [2.75, 3.05) is 6.61 Å². The molecule has 8 heteroatoms. The Morgan fingerprint density at radius 3 is 2.67 bits per heavy atom. The molecule has 0 spiro atoms. The van der Waals surface area contributed by atoms with Crippen LogP contribution in [-0.4, -0.2) is 20.9 Å². The quantitative estimate of drug-likeness (QED) is 0.276. The van der Waals surface area contributed by atoms with Gasteiger partial charge in [0.2, 0.25) is 0 Å². The van der Waals surface area contributed by atoms with Gasteiger partial charge in [-0.25, -0.2) is 8.42 Å². The fourth-order valence-corrected chi connectivity index (χ4v) is 2.05. The maximum atomic E-state index is 11.2. The lowest BCUT2D eigenvalue weighted by atomic mass is 10.2. The van der Waals surface area contributed by atoms with Crippen LogP contribution < -0.4 is 16.3 Å². The molecule has 1 aromatic rings. The molecule has 0 fully saturated rings. The normalized spacial score (nSPS) is 12.4. The summed E-state index contributed by atoms with van der Waals surface area (Å²) in [5.41, 5.74) is 5.88. The van der Waals surface area contributed by atoms with Gasteiger partial charge in [-0.05, 0) is 24.6 Å². The highest BCUT2D eigenvalue weighted by molar-refractivity contribution is 8.13. The van der Waals surface area contributed by atoms with Gasteiger partial charge in [-0.2, -0.15) is 5.10 Å². The maximum Gasteiger partial charge on any atom is 0.261 e. The predicted molar refractivity (Wildman–Crippen MR) is 70.2 cm³/mol. The molecule has 0 amide bonds. The molecule has 1 aromatic carbocycles. The molecular weight excluding hydrogens is 278 g/mol. The summed E-state index contributed by atoms with van der Waals surface area (Å²) >= 11 is 0. The van der Waals surface area contributed by atoms with Gasteiger partial charge in [0.1, 0.15) is 5.75 Å². The smallest absolute Gasteiger partial charge is 0.261 e. The molecule has 0 radical (unpaired) electrons. The summed E-state index contributed by atoms with van der Waals surface area (Å²) in [6, 6.07) is 4.08. The molecule has 6 nitrogen and oxygen atoms in total. The second-order valence-corrected chi connectivity index (χ2v) is 6.02. The lowest BCUT2D eigenvalue weighted by molar-refractivity contribution is 0.316. The zero-order chi connectivity index (χ0) is 13.8. The maximum absolute atomic E-state index is 11.2. The van der Waals surface area contributed by atoms with E-state index in [1.54, 1.807) is 0 Å². The SMILES string of the molecule is CCCOc1ccc(S(=O)(=O)Cl)cc1/C(N)=N/N. The van der Waals surface area contributed by atoms with Crippen LogP contribution in [-0.2, 0) is 9.05 Å². The van der Waals surface area contributed by atoms with Crippen LogP contribution in [0.5, 0.6) is 5.75 Å². The minimum Gasteiger partial charge on any atom is -0.493 e. The zero-order valence-corrected chi connectivity index (χ0v) is 11.3. The highest BCUT2D eigenvalue weighted by Crippen LogP contribution is 2.24. The molecule has 0 saturated carbocycles. The monoisotopic (exact) mass is 291 g/mol. The van der Waals surface area contributed by atoms with Crippen molar-refractivity contribution in [3.63, 3.8) is 0 Å². The highest BCUT2D eigenvalue weighted by atomic mass is 35.7. The van der Waals surface area contributed by atoms with Gasteiger partial charge in [0, 0.05) is 10.7 Å². The van der Waals surface area contributed by atoms with Crippen molar-refractivity contribution in [3.05, 3.63) is 23.8 Å². The third kappa shape index (κ3) is 3.51. The summed E-state index contributed by atoms with van der Waals surface area (Å²) in [6.45, 7) is 2.41. The largest absolute Gasteiger partial charge is 0.493 e. The van der Waals surface area contributed by atoms with Gasteiger partial charge in [-0.3, -0.25) is 0 Å². The Kier molecular flexibility index (Phi) is 4.80. The third-order valence-electron chi connectivity index (χ3n) is 2.11. The Bertz CT molecular complexity index is 557. The van der Waals surface area contributed by atoms with Crippen molar-refractivity contribution in [2.45, 2.75) is 18.2 Å². The molecule has 0 aromatic heterocycles. The van der Waals surface area contributed by atoms with Crippen molar-refractivity contribution in [1.29, 1.82) is 0 Å². The van der Waals surface area contributed by atoms with E-state index in [0.29, 0.717) is 17.9 Å². The van der Waals surface area contributed by atoms with Gasteiger partial charge in [-0.15, -0.1) is 0 Å². The van der Waals surface area contributed by atoms with Crippen LogP contribution in [0.25, 0.3) is 0 Å². The summed E-state index contributed by atoms with van der Waals surface area (Å²) in [5.74, 6) is 5.47. The molecule has 0 aliphatic carbocycles. The van der Waals surface area contributed by atoms with E-state index in [4.69, 9.17) is 27.0 Å². The topological polar surface area (TPSA) is 108 Å². The molecule has 1 rings (SSSR count). The average molecular weight is 292 g/mol. The fourth-order valence-electron chi connectivity index (χ4n) is 1.27. The summed E-state index contributed by atoms with van der Waals surface area (Å²) in [7, 11) is 1.42. The minimum absolute atomic E-state index is 0.0248. The number of ether oxygens (including phenoxy) is 1. The average Bonchev–Trinajstić information content (AvgIpc) is 2.34. The standard InChI is InChI=1S/C10H14ClN3O3S/c1-2-5-17-9-4-3-7(18(11,15)16)6-8(9)10(12)14-13/h3-4,6H,2,5,13H2,1H3,(H2,12,14). The molecule has 0 aliphatic rings. The van der Waals surface area contributed by atoms with Crippen LogP contribution in [0.1, 0.15) is 18.9 Å². The first-order chi connectivity index (χ1) is 8.40. The molecule has 0 bridgehead atoms. The van der Waals surface area contributed by atoms with Gasteiger partial charge in [0.25, 0.3) is 9.05 Å². The van der Waals surface area contributed by atoms with Gasteiger partial charge < -0.3 is 16.3 Å². The Labute approximate surface area is 110 Å². The third-order valence-corrected chi connectivity index (χ3v) is 3.46. The van der Waals surface area contributed by atoms with E-state index in [2.05, 4.69) is 5.10 Å². The Morgan fingerprint density at radius 2 is 2.17 bits per heavy atom. The van der Waals surface area contributed by atoms with Gasteiger partial charge in [0.05, 0.1) is 17.1 Å². The van der Waals surface area contributed by atoms with Gasteiger partial charge in [0.15, 0.2) is 5.84 Å². The van der Waals surface area contributed by atoms with Crippen LogP contribution in [0.15, 0.2) is 28.2 Å². The van der Waals surface area contributed by atoms with Crippen molar-refractivity contribution >= 4 is 25.6 Å². The van der Waals surface area contributed by atoms with Crippen molar-refractivity contribution in [3.8, 4) is 5.75 Å². The number of hydrazone groups is 1. The lowest BCUT2D eigenvalue weighted by Crippen LogP contribution is -2.17. The van der Waals surface area contributed by atoms with Crippen LogP contribution >= 0.6 is 10.7 Å². The van der Waals surface area contributed by atoms with Crippen LogP contribution in [0.3, 0.4) is 0 Å². The number of amidine groups is 1. The van der Waals surface area contributed by atoms with Crippen LogP contribution in [0.2, 0.25) is 0 Å². The molecule has 4 N–H and O–H groups in total. The Balaban J connectivity index is 3.30. The minimum atomic E-state index is -3.84. The van der Waals surface area contributed by atoms with E-state index in [1.807, 2.05) is 6.92 Å². The molecule has 0 aliphatic heterocycles. The van der Waals surface area contributed by atoms with Crippen molar-refractivity contribution in [2.24, 2.45) is 16.7 Å². The van der Waals surface area contributed by atoms with Crippen molar-refractivity contribution < 1.29 is 13.2 Å². The van der Waals surface area contributed by atoms with E-state index in [-0.39, 0.29) is 10.7 Å². The highest BCUT2D eigenvalue weighted by Gasteiger charge is 2.15. The summed E-state index contributed by atoms with van der Waals surface area (Å²) in [6.07, 6.45) is 0.800. The first kappa shape index (κ1) is 14.6. The number of nitrogens with two attached hydrogens (primary N) is 2. The molecule has 0 saturated heterocycles. The molecule has 0 atom stereocenters. The first-order valence-corrected chi connectivity index (χ1v) is 7.46. The van der Waals surface area contributed by atoms with E-state index < -0.39 is 9.05 Å². The van der Waals surface area contributed by atoms with Crippen molar-refractivity contribution in [1.82, 2.24) is 0 Å². The number of hydrogen-bond acceptors (Lipinski definition) is 5. The molecule has 0 unspecified atom stereocenters. The number of benzene rings is 1. The second kappa shape index (κ2) is 5.92. The first-order valence-electron chi connectivity index (χ1n) is 5.15. The van der Waals surface area contributed by atoms with Gasteiger partial charge in [-0.1, -0.05) is 6.92 Å². The van der Waals surface area contributed by atoms with E-state index in [1.165, 1.54) is 18.2 Å². The van der Waals surface area contributed by atoms with E-state index >= 15 is 0 Å². The predicted octanol–water partition coefficient (Wildman–Crippen LogP) is 0.982. The summed E-state index contributed by atoms with van der Waals surface area (Å²) in [4.78, 5) is -0.0883. The lowest BCUT2D eigenvalue weighted by Gasteiger charge is -2.11. The Hall–Kier alpha value is -1.47. The molecular formula is C10H14ClN3O3S. The summed E-state index contributed by atoms with van der Waals surface area (Å²) in [5, 5.41) is 3.33. The van der Waals surface area contributed by atoms with Crippen LogP contribution in [0.4, 0.5) is 0 Å². The number of hydrogen-bond donors (Lipinski definition) is 2. The fraction of sp³-hybridized carbons (Fsp3) is 0.300. The number of nitrogens with zero attached hydrogens (tertiary/aromatic N) is 1.